The molecule has 1 saturated heterocycles. The maximum atomic E-state index is 12.3. The smallest absolute Gasteiger partial charge is 0.307 e. The summed E-state index contributed by atoms with van der Waals surface area (Å²) in [5, 5.41) is 9.71. The molecule has 0 bridgehead atoms. The molecule has 2 atom stereocenters. The molecule has 5 nitrogen and oxygen atoms in total. The maximum Gasteiger partial charge on any atom is 0.307 e. The number of amides is 1. The number of aliphatic hydroxyl groups excluding tert-OH is 1. The number of carbonyl (C=O) groups excluding carboxylic acids is 2. The van der Waals surface area contributed by atoms with Crippen molar-refractivity contribution in [3.05, 3.63) is 35.9 Å². The van der Waals surface area contributed by atoms with Gasteiger partial charge in [0.25, 0.3) is 5.91 Å². The van der Waals surface area contributed by atoms with Crippen molar-refractivity contribution in [2.24, 2.45) is 0 Å². The second-order valence-corrected chi connectivity index (χ2v) is 4.65. The van der Waals surface area contributed by atoms with Crippen LogP contribution in [-0.2, 0) is 9.53 Å². The van der Waals surface area contributed by atoms with Crippen LogP contribution in [0.1, 0.15) is 23.2 Å². The van der Waals surface area contributed by atoms with E-state index in [0.717, 1.165) is 0 Å². The Morgan fingerprint density at radius 2 is 2.05 bits per heavy atom. The second kappa shape index (κ2) is 5.84. The highest BCUT2D eigenvalue weighted by Gasteiger charge is 2.36. The third-order valence-corrected chi connectivity index (χ3v) is 3.30. The predicted octanol–water partition coefficient (Wildman–Crippen LogP) is 0.825. The van der Waals surface area contributed by atoms with Crippen molar-refractivity contribution < 1.29 is 19.4 Å². The number of carbonyl (C=O) groups is 2. The molecule has 2 unspecified atom stereocenters. The van der Waals surface area contributed by atoms with Crippen LogP contribution in [0.4, 0.5) is 0 Å². The zero-order valence-electron chi connectivity index (χ0n) is 10.8. The largest absolute Gasteiger partial charge is 0.469 e. The first-order valence-electron chi connectivity index (χ1n) is 6.22. The van der Waals surface area contributed by atoms with Crippen LogP contribution in [0, 0.1) is 0 Å². The minimum absolute atomic E-state index is 0.117. The maximum absolute atomic E-state index is 12.3. The van der Waals surface area contributed by atoms with E-state index in [-0.39, 0.29) is 30.9 Å². The molecule has 102 valence electrons. The SMILES string of the molecule is COC(=O)CC1CC(O)CN1C(=O)c1ccccc1. The van der Waals surface area contributed by atoms with Crippen molar-refractivity contribution >= 4 is 11.9 Å². The van der Waals surface area contributed by atoms with Crippen LogP contribution in [0.5, 0.6) is 0 Å². The van der Waals surface area contributed by atoms with Crippen LogP contribution in [0.3, 0.4) is 0 Å². The van der Waals surface area contributed by atoms with Gasteiger partial charge in [-0.05, 0) is 18.6 Å². The topological polar surface area (TPSA) is 66.8 Å². The van der Waals surface area contributed by atoms with Gasteiger partial charge in [0, 0.05) is 18.2 Å². The summed E-state index contributed by atoms with van der Waals surface area (Å²) in [7, 11) is 1.32. The molecule has 19 heavy (non-hydrogen) atoms. The van der Waals surface area contributed by atoms with Crippen LogP contribution >= 0.6 is 0 Å². The minimum Gasteiger partial charge on any atom is -0.469 e. The van der Waals surface area contributed by atoms with E-state index >= 15 is 0 Å². The highest BCUT2D eigenvalue weighted by molar-refractivity contribution is 5.94. The molecule has 1 aliphatic rings. The number of likely N-dealkylation sites (tertiary alicyclic amines) is 1. The van der Waals surface area contributed by atoms with Crippen molar-refractivity contribution in [1.82, 2.24) is 4.90 Å². The first kappa shape index (κ1) is 13.5. The number of nitrogens with zero attached hydrogens (tertiary/aromatic N) is 1. The summed E-state index contributed by atoms with van der Waals surface area (Å²) in [6.45, 7) is 0.259. The van der Waals surface area contributed by atoms with E-state index in [4.69, 9.17) is 0 Å². The van der Waals surface area contributed by atoms with Gasteiger partial charge in [0.1, 0.15) is 0 Å². The number of β-amino-alcohol motifs (C(OH)–C–C–N with tert-alkyl or cyclic N) is 1. The van der Waals surface area contributed by atoms with E-state index in [9.17, 15) is 14.7 Å². The molecule has 0 spiro atoms. The van der Waals surface area contributed by atoms with Gasteiger partial charge in [-0.15, -0.1) is 0 Å². The lowest BCUT2D eigenvalue weighted by atomic mass is 10.1. The number of esters is 1. The van der Waals surface area contributed by atoms with Crippen LogP contribution < -0.4 is 0 Å². The van der Waals surface area contributed by atoms with Crippen molar-refractivity contribution in [3.8, 4) is 0 Å². The van der Waals surface area contributed by atoms with Crippen LogP contribution in [0.15, 0.2) is 30.3 Å². The molecule has 0 saturated carbocycles. The van der Waals surface area contributed by atoms with Crippen molar-refractivity contribution in [2.75, 3.05) is 13.7 Å². The lowest BCUT2D eigenvalue weighted by Gasteiger charge is -2.23. The molecular formula is C14H17NO4. The summed E-state index contributed by atoms with van der Waals surface area (Å²) in [4.78, 5) is 25.2. The summed E-state index contributed by atoms with van der Waals surface area (Å²) in [6, 6.07) is 8.56. The van der Waals surface area contributed by atoms with Crippen molar-refractivity contribution in [2.45, 2.75) is 25.0 Å². The molecular weight excluding hydrogens is 246 g/mol. The van der Waals surface area contributed by atoms with Gasteiger partial charge in [-0.25, -0.2) is 0 Å². The number of aliphatic hydroxyl groups is 1. The average molecular weight is 263 g/mol. The summed E-state index contributed by atoms with van der Waals surface area (Å²) in [6.07, 6.45) is -0.0536. The molecule has 2 rings (SSSR count). The fourth-order valence-electron chi connectivity index (χ4n) is 2.36. The van der Waals surface area contributed by atoms with E-state index < -0.39 is 6.10 Å². The minimum atomic E-state index is -0.581. The Labute approximate surface area is 111 Å². The Bertz CT molecular complexity index is 460. The van der Waals surface area contributed by atoms with E-state index in [1.807, 2.05) is 6.07 Å². The molecule has 1 N–H and O–H groups in total. The quantitative estimate of drug-likeness (QED) is 0.820. The Balaban J connectivity index is 2.12. The molecule has 0 aliphatic carbocycles. The molecule has 1 aliphatic heterocycles. The first-order valence-corrected chi connectivity index (χ1v) is 6.22. The summed E-state index contributed by atoms with van der Waals surface area (Å²) < 4.78 is 4.62. The standard InChI is InChI=1S/C14H17NO4/c1-19-13(17)8-11-7-12(16)9-15(11)14(18)10-5-3-2-4-6-10/h2-6,11-12,16H,7-9H2,1H3. The van der Waals surface area contributed by atoms with Gasteiger partial charge >= 0.3 is 5.97 Å². The number of methoxy groups -OCH3 is 1. The number of hydrogen-bond acceptors (Lipinski definition) is 4. The molecule has 0 radical (unpaired) electrons. The van der Waals surface area contributed by atoms with Gasteiger partial charge < -0.3 is 14.7 Å². The molecule has 1 heterocycles. The van der Waals surface area contributed by atoms with E-state index in [1.165, 1.54) is 7.11 Å². The molecule has 1 amide bonds. The van der Waals surface area contributed by atoms with Gasteiger partial charge in [0.05, 0.1) is 19.6 Å². The third kappa shape index (κ3) is 3.12. The third-order valence-electron chi connectivity index (χ3n) is 3.30. The van der Waals surface area contributed by atoms with Crippen molar-refractivity contribution in [3.63, 3.8) is 0 Å². The number of benzene rings is 1. The van der Waals surface area contributed by atoms with Gasteiger partial charge in [-0.1, -0.05) is 18.2 Å². The first-order chi connectivity index (χ1) is 9.11. The average Bonchev–Trinajstić information content (AvgIpc) is 2.79. The Morgan fingerprint density at radius 3 is 2.68 bits per heavy atom. The number of hydrogen-bond donors (Lipinski definition) is 1. The lowest BCUT2D eigenvalue weighted by molar-refractivity contribution is -0.141. The van der Waals surface area contributed by atoms with E-state index in [0.29, 0.717) is 12.0 Å². The lowest BCUT2D eigenvalue weighted by Crippen LogP contribution is -2.37. The fraction of sp³-hybridized carbons (Fsp3) is 0.429. The highest BCUT2D eigenvalue weighted by atomic mass is 16.5. The summed E-state index contributed by atoms with van der Waals surface area (Å²) in [5.74, 6) is -0.531. The molecule has 1 aromatic carbocycles. The molecule has 1 fully saturated rings. The second-order valence-electron chi connectivity index (χ2n) is 4.65. The van der Waals surface area contributed by atoms with Crippen LogP contribution in [-0.4, -0.2) is 47.7 Å². The van der Waals surface area contributed by atoms with Crippen LogP contribution in [0.25, 0.3) is 0 Å². The fourth-order valence-corrected chi connectivity index (χ4v) is 2.36. The van der Waals surface area contributed by atoms with Gasteiger partial charge in [-0.2, -0.15) is 0 Å². The van der Waals surface area contributed by atoms with Crippen LogP contribution in [0.2, 0.25) is 0 Å². The van der Waals surface area contributed by atoms with Gasteiger partial charge in [0.2, 0.25) is 0 Å². The van der Waals surface area contributed by atoms with Gasteiger partial charge in [0.15, 0.2) is 0 Å². The monoisotopic (exact) mass is 263 g/mol. The molecule has 5 heteroatoms. The number of rotatable bonds is 3. The molecule has 1 aromatic rings. The Morgan fingerprint density at radius 1 is 1.37 bits per heavy atom. The summed E-state index contributed by atoms with van der Waals surface area (Å²) in [5.41, 5.74) is 0.562. The van der Waals surface area contributed by atoms with E-state index in [1.54, 1.807) is 29.2 Å². The van der Waals surface area contributed by atoms with Gasteiger partial charge in [-0.3, -0.25) is 9.59 Å². The Kier molecular flexibility index (Phi) is 4.16. The van der Waals surface area contributed by atoms with Crippen molar-refractivity contribution in [1.29, 1.82) is 0 Å². The predicted molar refractivity (Wildman–Crippen MR) is 68.5 cm³/mol. The normalized spacial score (nSPS) is 22.3. The zero-order valence-corrected chi connectivity index (χ0v) is 10.8. The Hall–Kier alpha value is -1.88. The highest BCUT2D eigenvalue weighted by Crippen LogP contribution is 2.23. The zero-order chi connectivity index (χ0) is 13.8. The molecule has 0 aromatic heterocycles. The van der Waals surface area contributed by atoms with E-state index in [2.05, 4.69) is 4.74 Å². The number of ether oxygens (including phenoxy) is 1. The summed E-state index contributed by atoms with van der Waals surface area (Å²) >= 11 is 0.